The third kappa shape index (κ3) is 3.82. The van der Waals surface area contributed by atoms with Gasteiger partial charge in [0.2, 0.25) is 0 Å². The minimum Gasteiger partial charge on any atom is -0.380 e. The molecule has 2 atom stereocenters. The lowest BCUT2D eigenvalue weighted by molar-refractivity contribution is 0.367. The van der Waals surface area contributed by atoms with E-state index in [-0.39, 0.29) is 5.56 Å². The fourth-order valence-corrected chi connectivity index (χ4v) is 3.00. The van der Waals surface area contributed by atoms with E-state index >= 15 is 0 Å². The van der Waals surface area contributed by atoms with Crippen molar-refractivity contribution in [2.45, 2.75) is 38.8 Å². The Morgan fingerprint density at radius 3 is 2.85 bits per heavy atom. The third-order valence-electron chi connectivity index (χ3n) is 3.80. The Labute approximate surface area is 128 Å². The van der Waals surface area contributed by atoms with Crippen molar-refractivity contribution in [1.82, 2.24) is 14.7 Å². The second-order valence-electron chi connectivity index (χ2n) is 5.96. The van der Waals surface area contributed by atoms with Crippen LogP contribution < -0.4 is 10.9 Å². The third-order valence-corrected chi connectivity index (χ3v) is 4.56. The van der Waals surface area contributed by atoms with Gasteiger partial charge in [-0.05, 0) is 55.2 Å². The SMILES string of the molecule is CC1CCC(Nc2cnn(CCN(C)C)c(=O)c2Br)C1. The number of rotatable bonds is 5. The van der Waals surface area contributed by atoms with Gasteiger partial charge in [-0.3, -0.25) is 4.79 Å². The summed E-state index contributed by atoms with van der Waals surface area (Å²) in [7, 11) is 3.97. The van der Waals surface area contributed by atoms with Gasteiger partial charge in [-0.1, -0.05) is 6.92 Å². The second kappa shape index (κ2) is 6.72. The molecule has 2 rings (SSSR count). The molecular formula is C14H23BrN4O. The lowest BCUT2D eigenvalue weighted by Gasteiger charge is -2.16. The Morgan fingerprint density at radius 1 is 1.50 bits per heavy atom. The Bertz CT molecular complexity index is 514. The van der Waals surface area contributed by atoms with Crippen molar-refractivity contribution in [3.8, 4) is 0 Å². The molecule has 0 saturated heterocycles. The average molecular weight is 343 g/mol. The first-order chi connectivity index (χ1) is 9.47. The lowest BCUT2D eigenvalue weighted by Crippen LogP contribution is -2.30. The maximum Gasteiger partial charge on any atom is 0.283 e. The van der Waals surface area contributed by atoms with Gasteiger partial charge in [-0.15, -0.1) is 0 Å². The molecule has 0 aromatic carbocycles. The Morgan fingerprint density at radius 2 is 2.25 bits per heavy atom. The fourth-order valence-electron chi connectivity index (χ4n) is 2.58. The zero-order valence-electron chi connectivity index (χ0n) is 12.4. The molecule has 1 fully saturated rings. The molecule has 6 heteroatoms. The standard InChI is InChI=1S/C14H23BrN4O/c1-10-4-5-11(8-10)17-12-9-16-19(7-6-18(2)3)14(20)13(12)15/h9-11,17H,4-8H2,1-3H3. The predicted molar refractivity (Wildman–Crippen MR) is 85.2 cm³/mol. The molecule has 5 nitrogen and oxygen atoms in total. The normalized spacial score (nSPS) is 22.4. The summed E-state index contributed by atoms with van der Waals surface area (Å²) in [5.74, 6) is 0.764. The van der Waals surface area contributed by atoms with Gasteiger partial charge in [-0.2, -0.15) is 5.10 Å². The van der Waals surface area contributed by atoms with Crippen LogP contribution in [0.25, 0.3) is 0 Å². The zero-order valence-corrected chi connectivity index (χ0v) is 14.0. The van der Waals surface area contributed by atoms with Crippen molar-refractivity contribution in [1.29, 1.82) is 0 Å². The van der Waals surface area contributed by atoms with E-state index in [0.717, 1.165) is 31.0 Å². The largest absolute Gasteiger partial charge is 0.380 e. The maximum atomic E-state index is 12.2. The summed E-state index contributed by atoms with van der Waals surface area (Å²) >= 11 is 3.41. The molecule has 1 N–H and O–H groups in total. The van der Waals surface area contributed by atoms with E-state index < -0.39 is 0 Å². The highest BCUT2D eigenvalue weighted by atomic mass is 79.9. The van der Waals surface area contributed by atoms with Crippen molar-refractivity contribution in [3.05, 3.63) is 21.0 Å². The smallest absolute Gasteiger partial charge is 0.283 e. The minimum absolute atomic E-state index is 0.0668. The second-order valence-corrected chi connectivity index (χ2v) is 6.76. The average Bonchev–Trinajstić information content (AvgIpc) is 2.79. The van der Waals surface area contributed by atoms with Crippen LogP contribution in [-0.2, 0) is 6.54 Å². The first-order valence-electron chi connectivity index (χ1n) is 7.14. The van der Waals surface area contributed by atoms with Crippen LogP contribution in [0.1, 0.15) is 26.2 Å². The van der Waals surface area contributed by atoms with E-state index in [2.05, 4.69) is 33.3 Å². The van der Waals surface area contributed by atoms with E-state index in [4.69, 9.17) is 0 Å². The van der Waals surface area contributed by atoms with Crippen molar-refractivity contribution in [2.24, 2.45) is 5.92 Å². The van der Waals surface area contributed by atoms with Crippen molar-refractivity contribution < 1.29 is 0 Å². The molecule has 2 unspecified atom stereocenters. The van der Waals surface area contributed by atoms with E-state index in [9.17, 15) is 4.79 Å². The molecule has 112 valence electrons. The molecule has 20 heavy (non-hydrogen) atoms. The Hall–Kier alpha value is -0.880. The molecule has 1 aliphatic rings. The monoisotopic (exact) mass is 342 g/mol. The van der Waals surface area contributed by atoms with Gasteiger partial charge < -0.3 is 10.2 Å². The van der Waals surface area contributed by atoms with Gasteiger partial charge >= 0.3 is 0 Å². The number of nitrogens with zero attached hydrogens (tertiary/aromatic N) is 3. The molecule has 0 amide bonds. The number of likely N-dealkylation sites (N-methyl/N-ethyl adjacent to an activating group) is 1. The number of aromatic nitrogens is 2. The topological polar surface area (TPSA) is 50.2 Å². The van der Waals surface area contributed by atoms with E-state index in [0.29, 0.717) is 17.1 Å². The van der Waals surface area contributed by atoms with Crippen LogP contribution >= 0.6 is 15.9 Å². The summed E-state index contributed by atoms with van der Waals surface area (Å²) in [4.78, 5) is 14.3. The van der Waals surface area contributed by atoms with Crippen LogP contribution in [0.3, 0.4) is 0 Å². The van der Waals surface area contributed by atoms with E-state index in [1.165, 1.54) is 11.1 Å². The molecule has 1 aromatic rings. The van der Waals surface area contributed by atoms with Gasteiger partial charge in [0.15, 0.2) is 0 Å². The summed E-state index contributed by atoms with van der Waals surface area (Å²) < 4.78 is 2.10. The van der Waals surface area contributed by atoms with E-state index in [1.54, 1.807) is 6.20 Å². The van der Waals surface area contributed by atoms with Gasteiger partial charge in [0.1, 0.15) is 4.47 Å². The first-order valence-corrected chi connectivity index (χ1v) is 7.93. The molecule has 1 saturated carbocycles. The van der Waals surface area contributed by atoms with Crippen molar-refractivity contribution in [3.63, 3.8) is 0 Å². The summed E-state index contributed by atoms with van der Waals surface area (Å²) in [5.41, 5.74) is 0.748. The molecule has 0 aliphatic heterocycles. The Balaban J connectivity index is 2.08. The Kier molecular flexibility index (Phi) is 5.21. The van der Waals surface area contributed by atoms with Crippen LogP contribution in [0, 0.1) is 5.92 Å². The van der Waals surface area contributed by atoms with Gasteiger partial charge in [0, 0.05) is 12.6 Å². The number of hydrogen-bond donors (Lipinski definition) is 1. The molecule has 0 spiro atoms. The highest BCUT2D eigenvalue weighted by Crippen LogP contribution is 2.28. The fraction of sp³-hybridized carbons (Fsp3) is 0.714. The molecule has 0 bridgehead atoms. The highest BCUT2D eigenvalue weighted by Gasteiger charge is 2.22. The van der Waals surface area contributed by atoms with Gasteiger partial charge in [0.25, 0.3) is 5.56 Å². The van der Waals surface area contributed by atoms with Crippen LogP contribution in [0.4, 0.5) is 5.69 Å². The molecule has 1 heterocycles. The van der Waals surface area contributed by atoms with Crippen LogP contribution in [0.5, 0.6) is 0 Å². The van der Waals surface area contributed by atoms with Crippen molar-refractivity contribution >= 4 is 21.6 Å². The molecular weight excluding hydrogens is 320 g/mol. The molecule has 1 aliphatic carbocycles. The summed E-state index contributed by atoms with van der Waals surface area (Å²) in [6, 6.07) is 0.458. The quantitative estimate of drug-likeness (QED) is 0.890. The summed E-state index contributed by atoms with van der Waals surface area (Å²) in [6.07, 6.45) is 5.33. The van der Waals surface area contributed by atoms with E-state index in [1.807, 2.05) is 19.0 Å². The first kappa shape index (κ1) is 15.5. The lowest BCUT2D eigenvalue weighted by atomic mass is 10.1. The summed E-state index contributed by atoms with van der Waals surface area (Å²) in [5, 5.41) is 7.70. The van der Waals surface area contributed by atoms with Gasteiger partial charge in [0.05, 0.1) is 18.4 Å². The molecule has 0 radical (unpaired) electrons. The maximum absolute atomic E-state index is 12.2. The highest BCUT2D eigenvalue weighted by molar-refractivity contribution is 9.10. The number of hydrogen-bond acceptors (Lipinski definition) is 4. The summed E-state index contributed by atoms with van der Waals surface area (Å²) in [6.45, 7) is 3.67. The van der Waals surface area contributed by atoms with Crippen LogP contribution in [0.15, 0.2) is 15.5 Å². The number of halogens is 1. The predicted octanol–water partition coefficient (Wildman–Crippen LogP) is 2.17. The van der Waals surface area contributed by atoms with Crippen LogP contribution in [-0.4, -0.2) is 41.4 Å². The minimum atomic E-state index is -0.0668. The number of nitrogens with one attached hydrogen (secondary N) is 1. The van der Waals surface area contributed by atoms with Crippen molar-refractivity contribution in [2.75, 3.05) is 26.0 Å². The number of anilines is 1. The molecule has 1 aromatic heterocycles. The van der Waals surface area contributed by atoms with Crippen LogP contribution in [0.2, 0.25) is 0 Å². The zero-order chi connectivity index (χ0) is 14.7. The van der Waals surface area contributed by atoms with Gasteiger partial charge in [-0.25, -0.2) is 4.68 Å².